The maximum Gasteiger partial charge on any atom is 0.200 e. The molecule has 1 aromatic carbocycles. The maximum absolute atomic E-state index is 11.3. The van der Waals surface area contributed by atoms with Crippen LogP contribution in [-0.2, 0) is 11.0 Å². The van der Waals surface area contributed by atoms with Crippen molar-refractivity contribution < 1.29 is 14.6 Å². The largest absolute Gasteiger partial charge is 0.508 e. The summed E-state index contributed by atoms with van der Waals surface area (Å²) >= 11 is 0. The smallest absolute Gasteiger partial charge is 0.200 e. The first-order chi connectivity index (χ1) is 6.55. The minimum absolute atomic E-state index is 0.198. The van der Waals surface area contributed by atoms with Crippen LogP contribution in [-0.4, -0.2) is 22.3 Å². The van der Waals surface area contributed by atoms with Gasteiger partial charge in [-0.2, -0.15) is 0 Å². The molecule has 0 heterocycles. The van der Waals surface area contributed by atoms with Gasteiger partial charge in [0.15, 0.2) is 0 Å². The fourth-order valence-corrected chi connectivity index (χ4v) is 2.08. The van der Waals surface area contributed by atoms with Gasteiger partial charge in [-0.05, 0) is 18.1 Å². The molecule has 4 heteroatoms. The van der Waals surface area contributed by atoms with E-state index in [1.54, 1.807) is 25.1 Å². The molecule has 0 aliphatic rings. The summed E-state index contributed by atoms with van der Waals surface area (Å²) in [4.78, 5) is 9.35. The molecule has 14 heavy (non-hydrogen) atoms. The van der Waals surface area contributed by atoms with E-state index in [1.807, 2.05) is 6.07 Å². The second-order valence-electron chi connectivity index (χ2n) is 3.26. The predicted molar refractivity (Wildman–Crippen MR) is 57.0 cm³/mol. The van der Waals surface area contributed by atoms with Gasteiger partial charge < -0.3 is 10.00 Å². The summed E-state index contributed by atoms with van der Waals surface area (Å²) in [5, 5.41) is 9.41. The molecule has 0 fully saturated rings. The summed E-state index contributed by atoms with van der Waals surface area (Å²) in [5.74, 6) is 0.198. The molecule has 1 aromatic rings. The standard InChI is InChI=1S/C10H15O3P/c1-2-14(12,13)8-7-9-5-3-4-6-10(9)11/h3-6,11H,2,7-8H2,1H3,(H,12,13). The summed E-state index contributed by atoms with van der Waals surface area (Å²) in [5.41, 5.74) is 0.732. The Kier molecular flexibility index (Phi) is 3.73. The van der Waals surface area contributed by atoms with Crippen LogP contribution in [0.3, 0.4) is 0 Å². The van der Waals surface area contributed by atoms with Crippen molar-refractivity contribution in [2.75, 3.05) is 12.3 Å². The van der Waals surface area contributed by atoms with Gasteiger partial charge in [-0.1, -0.05) is 25.1 Å². The molecule has 0 amide bonds. The van der Waals surface area contributed by atoms with Gasteiger partial charge >= 0.3 is 0 Å². The Morgan fingerprint density at radius 1 is 1.36 bits per heavy atom. The van der Waals surface area contributed by atoms with Gasteiger partial charge in [-0.25, -0.2) is 0 Å². The molecule has 1 rings (SSSR count). The average molecular weight is 214 g/mol. The quantitative estimate of drug-likeness (QED) is 0.755. The Balaban J connectivity index is 2.63. The van der Waals surface area contributed by atoms with Crippen molar-refractivity contribution in [2.45, 2.75) is 13.3 Å². The van der Waals surface area contributed by atoms with E-state index >= 15 is 0 Å². The van der Waals surface area contributed by atoms with Crippen LogP contribution in [0.25, 0.3) is 0 Å². The molecular formula is C10H15O3P. The Bertz CT molecular complexity index is 349. The first-order valence-electron chi connectivity index (χ1n) is 4.63. The van der Waals surface area contributed by atoms with Crippen LogP contribution in [0.1, 0.15) is 12.5 Å². The van der Waals surface area contributed by atoms with E-state index in [0.717, 1.165) is 5.56 Å². The molecule has 78 valence electrons. The Morgan fingerprint density at radius 3 is 2.57 bits per heavy atom. The second-order valence-corrected chi connectivity index (χ2v) is 6.04. The highest BCUT2D eigenvalue weighted by Gasteiger charge is 2.15. The average Bonchev–Trinajstić information content (AvgIpc) is 2.17. The van der Waals surface area contributed by atoms with E-state index in [-0.39, 0.29) is 11.9 Å². The molecule has 0 radical (unpaired) electrons. The normalized spacial score (nSPS) is 15.0. The number of para-hydroxylation sites is 1. The molecule has 0 aliphatic carbocycles. The van der Waals surface area contributed by atoms with Crippen LogP contribution in [0.15, 0.2) is 24.3 Å². The van der Waals surface area contributed by atoms with Crippen LogP contribution in [0.5, 0.6) is 5.75 Å². The summed E-state index contributed by atoms with van der Waals surface area (Å²) in [6.45, 7) is 1.70. The number of benzene rings is 1. The molecule has 1 unspecified atom stereocenters. The number of hydrogen-bond acceptors (Lipinski definition) is 2. The Morgan fingerprint density at radius 2 is 2.00 bits per heavy atom. The van der Waals surface area contributed by atoms with Crippen molar-refractivity contribution in [1.82, 2.24) is 0 Å². The molecule has 0 saturated heterocycles. The fraction of sp³-hybridized carbons (Fsp3) is 0.400. The summed E-state index contributed by atoms with van der Waals surface area (Å²) in [7, 11) is -2.97. The molecular weight excluding hydrogens is 199 g/mol. The molecule has 1 atom stereocenters. The van der Waals surface area contributed by atoms with Crippen LogP contribution < -0.4 is 0 Å². The van der Waals surface area contributed by atoms with Crippen LogP contribution >= 0.6 is 7.37 Å². The number of phenolic OH excluding ortho intramolecular Hbond substituents is 1. The van der Waals surface area contributed by atoms with Gasteiger partial charge in [0.05, 0.1) is 0 Å². The van der Waals surface area contributed by atoms with Crippen LogP contribution in [0, 0.1) is 0 Å². The third-order valence-corrected chi connectivity index (χ3v) is 4.13. The van der Waals surface area contributed by atoms with Gasteiger partial charge in [0, 0.05) is 12.3 Å². The highest BCUT2D eigenvalue weighted by atomic mass is 31.2. The topological polar surface area (TPSA) is 57.5 Å². The molecule has 0 bridgehead atoms. The second kappa shape index (κ2) is 4.63. The molecule has 0 saturated carbocycles. The van der Waals surface area contributed by atoms with E-state index in [9.17, 15) is 14.6 Å². The lowest BCUT2D eigenvalue weighted by atomic mass is 10.1. The third kappa shape index (κ3) is 3.17. The van der Waals surface area contributed by atoms with Gasteiger partial charge in [0.25, 0.3) is 0 Å². The Hall–Kier alpha value is -0.790. The number of aryl methyl sites for hydroxylation is 1. The lowest BCUT2D eigenvalue weighted by Crippen LogP contribution is -1.96. The van der Waals surface area contributed by atoms with Crippen molar-refractivity contribution in [1.29, 1.82) is 0 Å². The van der Waals surface area contributed by atoms with E-state index in [0.29, 0.717) is 12.6 Å². The zero-order valence-corrected chi connectivity index (χ0v) is 9.08. The predicted octanol–water partition coefficient (Wildman–Crippen LogP) is 2.23. The van der Waals surface area contributed by atoms with Crippen molar-refractivity contribution in [2.24, 2.45) is 0 Å². The van der Waals surface area contributed by atoms with Crippen molar-refractivity contribution in [3.8, 4) is 5.75 Å². The number of hydrogen-bond donors (Lipinski definition) is 2. The minimum atomic E-state index is -2.97. The van der Waals surface area contributed by atoms with E-state index < -0.39 is 7.37 Å². The van der Waals surface area contributed by atoms with Gasteiger partial charge in [0.2, 0.25) is 7.37 Å². The summed E-state index contributed by atoms with van der Waals surface area (Å²) < 4.78 is 11.3. The minimum Gasteiger partial charge on any atom is -0.508 e. The SMILES string of the molecule is CCP(=O)(O)CCc1ccccc1O. The van der Waals surface area contributed by atoms with Gasteiger partial charge in [0.1, 0.15) is 5.75 Å². The highest BCUT2D eigenvalue weighted by molar-refractivity contribution is 7.57. The lowest BCUT2D eigenvalue weighted by molar-refractivity contribution is 0.466. The van der Waals surface area contributed by atoms with E-state index in [1.165, 1.54) is 0 Å². The Labute approximate surface area is 83.9 Å². The highest BCUT2D eigenvalue weighted by Crippen LogP contribution is 2.40. The number of aromatic hydroxyl groups is 1. The zero-order chi connectivity index (χ0) is 10.6. The summed E-state index contributed by atoms with van der Waals surface area (Å²) in [6, 6.07) is 6.90. The third-order valence-electron chi connectivity index (χ3n) is 2.22. The van der Waals surface area contributed by atoms with E-state index in [2.05, 4.69) is 0 Å². The van der Waals surface area contributed by atoms with Crippen molar-refractivity contribution in [3.63, 3.8) is 0 Å². The van der Waals surface area contributed by atoms with Gasteiger partial charge in [-0.15, -0.1) is 0 Å². The fourth-order valence-electron chi connectivity index (χ4n) is 1.18. The van der Waals surface area contributed by atoms with Crippen LogP contribution in [0.4, 0.5) is 0 Å². The van der Waals surface area contributed by atoms with Crippen LogP contribution in [0.2, 0.25) is 0 Å². The number of rotatable bonds is 4. The van der Waals surface area contributed by atoms with E-state index in [4.69, 9.17) is 0 Å². The molecule has 0 aliphatic heterocycles. The zero-order valence-electron chi connectivity index (χ0n) is 8.18. The maximum atomic E-state index is 11.3. The van der Waals surface area contributed by atoms with Crippen molar-refractivity contribution >= 4 is 7.37 Å². The first-order valence-corrected chi connectivity index (χ1v) is 6.66. The lowest BCUT2D eigenvalue weighted by Gasteiger charge is -2.09. The van der Waals surface area contributed by atoms with Crippen molar-refractivity contribution in [3.05, 3.63) is 29.8 Å². The van der Waals surface area contributed by atoms with Gasteiger partial charge in [-0.3, -0.25) is 4.57 Å². The molecule has 3 nitrogen and oxygen atoms in total. The molecule has 0 aromatic heterocycles. The number of phenols is 1. The first kappa shape index (κ1) is 11.3. The molecule has 0 spiro atoms. The summed E-state index contributed by atoms with van der Waals surface area (Å²) in [6.07, 6.45) is 0.982. The molecule has 2 N–H and O–H groups in total. The monoisotopic (exact) mass is 214 g/mol.